The van der Waals surface area contributed by atoms with Gasteiger partial charge in [-0.25, -0.2) is 18.4 Å². The first-order chi connectivity index (χ1) is 16.2. The molecular formula is C22H23N5O6S. The van der Waals surface area contributed by atoms with Crippen molar-refractivity contribution in [3.05, 3.63) is 71.1 Å². The van der Waals surface area contributed by atoms with Crippen molar-refractivity contribution < 1.29 is 27.3 Å². The molecule has 0 fully saturated rings. The highest BCUT2D eigenvalue weighted by atomic mass is 32.2. The molecule has 1 aliphatic heterocycles. The van der Waals surface area contributed by atoms with Crippen LogP contribution in [-0.4, -0.2) is 44.1 Å². The number of ether oxygens (including phenoxy) is 1. The van der Waals surface area contributed by atoms with E-state index >= 15 is 0 Å². The number of benzene rings is 2. The molecule has 3 amide bonds. The number of fused-ring (bicyclic) bond motifs is 1. The summed E-state index contributed by atoms with van der Waals surface area (Å²) in [5, 5.41) is 9.17. The molecule has 11 nitrogen and oxygen atoms in total. The summed E-state index contributed by atoms with van der Waals surface area (Å²) in [6, 6.07) is 12.2. The van der Waals surface area contributed by atoms with Gasteiger partial charge in [0, 0.05) is 24.2 Å². The molecule has 0 bridgehead atoms. The number of hydrogen-bond donors (Lipinski definition) is 2. The van der Waals surface area contributed by atoms with Crippen molar-refractivity contribution in [2.24, 2.45) is 10.9 Å². The van der Waals surface area contributed by atoms with Gasteiger partial charge in [0.25, 0.3) is 5.91 Å². The van der Waals surface area contributed by atoms with Gasteiger partial charge in [0.05, 0.1) is 25.1 Å². The zero-order valence-corrected chi connectivity index (χ0v) is 19.1. The number of primary sulfonamides is 1. The van der Waals surface area contributed by atoms with Crippen LogP contribution in [0.1, 0.15) is 27.4 Å². The standard InChI is InChI=1S/C22H23N5O6S/c1-32-16-6-4-15(5-7-16)27(12-14-2-8-17(9-3-14)34(24,30)31)21(28)20-18-13-26(22(23)29)11-10-19(18)33-25-20/h2-9H,10-13H2,1H3,(H2,23,29)(H2,24,30,31). The number of nitrogens with zero attached hydrogens (tertiary/aromatic N) is 3. The smallest absolute Gasteiger partial charge is 0.315 e. The van der Waals surface area contributed by atoms with Crippen LogP contribution in [0.3, 0.4) is 0 Å². The molecule has 0 spiro atoms. The van der Waals surface area contributed by atoms with Crippen molar-refractivity contribution in [2.75, 3.05) is 18.6 Å². The topological polar surface area (TPSA) is 162 Å². The van der Waals surface area contributed by atoms with E-state index in [9.17, 15) is 18.0 Å². The normalized spacial score (nSPS) is 13.3. The van der Waals surface area contributed by atoms with Crippen LogP contribution in [0.4, 0.5) is 10.5 Å². The summed E-state index contributed by atoms with van der Waals surface area (Å²) in [4.78, 5) is 28.2. The fraction of sp³-hybridized carbons (Fsp3) is 0.227. The quantitative estimate of drug-likeness (QED) is 0.536. The fourth-order valence-electron chi connectivity index (χ4n) is 3.70. The molecule has 4 N–H and O–H groups in total. The number of amides is 3. The number of rotatable bonds is 6. The van der Waals surface area contributed by atoms with Crippen molar-refractivity contribution in [1.82, 2.24) is 10.1 Å². The van der Waals surface area contributed by atoms with E-state index in [4.69, 9.17) is 20.1 Å². The Morgan fingerprint density at radius 1 is 1.15 bits per heavy atom. The number of nitrogens with two attached hydrogens (primary N) is 2. The average molecular weight is 486 g/mol. The highest BCUT2D eigenvalue weighted by Crippen LogP contribution is 2.28. The Morgan fingerprint density at radius 3 is 2.41 bits per heavy atom. The molecule has 4 rings (SSSR count). The van der Waals surface area contributed by atoms with Gasteiger partial charge in [0.1, 0.15) is 11.5 Å². The third kappa shape index (κ3) is 4.72. The van der Waals surface area contributed by atoms with Crippen LogP contribution in [-0.2, 0) is 29.5 Å². The largest absolute Gasteiger partial charge is 0.497 e. The fourth-order valence-corrected chi connectivity index (χ4v) is 4.22. The second-order valence-electron chi connectivity index (χ2n) is 7.72. The molecular weight excluding hydrogens is 462 g/mol. The monoisotopic (exact) mass is 485 g/mol. The minimum atomic E-state index is -3.84. The van der Waals surface area contributed by atoms with E-state index in [-0.39, 0.29) is 23.7 Å². The number of urea groups is 1. The SMILES string of the molecule is COc1ccc(N(Cc2ccc(S(N)(=O)=O)cc2)C(=O)c2noc3c2CN(C(N)=O)CC3)cc1. The lowest BCUT2D eigenvalue weighted by atomic mass is 10.0. The Bertz CT molecular complexity index is 1320. The molecule has 1 aromatic heterocycles. The zero-order chi connectivity index (χ0) is 24.5. The number of methoxy groups -OCH3 is 1. The average Bonchev–Trinajstić information content (AvgIpc) is 3.25. The van der Waals surface area contributed by atoms with Gasteiger partial charge in [-0.2, -0.15) is 0 Å². The van der Waals surface area contributed by atoms with E-state index in [0.717, 1.165) is 0 Å². The number of anilines is 1. The van der Waals surface area contributed by atoms with E-state index in [1.165, 1.54) is 29.0 Å². The van der Waals surface area contributed by atoms with Gasteiger partial charge in [-0.05, 0) is 42.0 Å². The summed E-state index contributed by atoms with van der Waals surface area (Å²) in [7, 11) is -2.30. The number of sulfonamides is 1. The molecule has 3 aromatic rings. The number of primary amides is 1. The van der Waals surface area contributed by atoms with Gasteiger partial charge in [-0.3, -0.25) is 4.79 Å². The van der Waals surface area contributed by atoms with Gasteiger partial charge in [0.15, 0.2) is 5.69 Å². The molecule has 1 aliphatic rings. The Hall–Kier alpha value is -3.90. The minimum Gasteiger partial charge on any atom is -0.497 e. The number of carbonyl (C=O) groups excluding carboxylic acids is 2. The molecule has 0 aliphatic carbocycles. The maximum absolute atomic E-state index is 13.7. The van der Waals surface area contributed by atoms with E-state index < -0.39 is 22.0 Å². The van der Waals surface area contributed by atoms with Gasteiger partial charge in [-0.15, -0.1) is 0 Å². The lowest BCUT2D eigenvalue weighted by molar-refractivity contribution is 0.0974. The predicted octanol–water partition coefficient (Wildman–Crippen LogP) is 1.61. The van der Waals surface area contributed by atoms with Crippen molar-refractivity contribution in [2.45, 2.75) is 24.4 Å². The third-order valence-electron chi connectivity index (χ3n) is 5.56. The Kier molecular flexibility index (Phi) is 6.26. The second kappa shape index (κ2) is 9.15. The van der Waals surface area contributed by atoms with Crippen molar-refractivity contribution >= 4 is 27.6 Å². The van der Waals surface area contributed by atoms with E-state index in [2.05, 4.69) is 5.16 Å². The molecule has 0 unspecified atom stereocenters. The van der Waals surface area contributed by atoms with Gasteiger partial charge in [-0.1, -0.05) is 17.3 Å². The summed E-state index contributed by atoms with van der Waals surface area (Å²) in [5.74, 6) is 0.703. The van der Waals surface area contributed by atoms with Crippen LogP contribution in [0.15, 0.2) is 57.9 Å². The maximum atomic E-state index is 13.7. The van der Waals surface area contributed by atoms with Gasteiger partial charge >= 0.3 is 6.03 Å². The molecule has 0 atom stereocenters. The lowest BCUT2D eigenvalue weighted by Crippen LogP contribution is -2.40. The Labute approximate surface area is 195 Å². The summed E-state index contributed by atoms with van der Waals surface area (Å²) in [6.07, 6.45) is 0.399. The summed E-state index contributed by atoms with van der Waals surface area (Å²) < 4.78 is 33.7. The van der Waals surface area contributed by atoms with Gasteiger partial charge < -0.3 is 24.8 Å². The lowest BCUT2D eigenvalue weighted by Gasteiger charge is -2.26. The Morgan fingerprint density at radius 2 is 1.82 bits per heavy atom. The molecule has 34 heavy (non-hydrogen) atoms. The molecule has 2 heterocycles. The number of aromatic nitrogens is 1. The van der Waals surface area contributed by atoms with Crippen LogP contribution in [0.2, 0.25) is 0 Å². The highest BCUT2D eigenvalue weighted by molar-refractivity contribution is 7.89. The first-order valence-corrected chi connectivity index (χ1v) is 11.8. The van der Waals surface area contributed by atoms with Crippen molar-refractivity contribution in [1.29, 1.82) is 0 Å². The maximum Gasteiger partial charge on any atom is 0.315 e. The molecule has 0 saturated heterocycles. The van der Waals surface area contributed by atoms with Crippen LogP contribution in [0.5, 0.6) is 5.75 Å². The first-order valence-electron chi connectivity index (χ1n) is 10.3. The van der Waals surface area contributed by atoms with Crippen LogP contribution >= 0.6 is 0 Å². The zero-order valence-electron chi connectivity index (χ0n) is 18.3. The van der Waals surface area contributed by atoms with Crippen LogP contribution in [0, 0.1) is 0 Å². The van der Waals surface area contributed by atoms with Crippen molar-refractivity contribution in [3.8, 4) is 5.75 Å². The van der Waals surface area contributed by atoms with Crippen LogP contribution < -0.4 is 20.5 Å². The summed E-state index contributed by atoms with van der Waals surface area (Å²) in [5.41, 5.74) is 7.23. The second-order valence-corrected chi connectivity index (χ2v) is 9.28. The summed E-state index contributed by atoms with van der Waals surface area (Å²) >= 11 is 0. The number of carbonyl (C=O) groups is 2. The van der Waals surface area contributed by atoms with Crippen molar-refractivity contribution in [3.63, 3.8) is 0 Å². The summed E-state index contributed by atoms with van der Waals surface area (Å²) in [6.45, 7) is 0.607. The minimum absolute atomic E-state index is 0.0318. The first kappa shape index (κ1) is 23.3. The third-order valence-corrected chi connectivity index (χ3v) is 6.49. The predicted molar refractivity (Wildman–Crippen MR) is 122 cm³/mol. The molecule has 12 heteroatoms. The molecule has 0 saturated carbocycles. The molecule has 0 radical (unpaired) electrons. The Balaban J connectivity index is 1.69. The molecule has 178 valence electrons. The van der Waals surface area contributed by atoms with E-state index in [1.807, 2.05) is 0 Å². The molecule has 2 aromatic carbocycles. The number of hydrogen-bond acceptors (Lipinski definition) is 7. The van der Waals surface area contributed by atoms with E-state index in [0.29, 0.717) is 41.3 Å². The highest BCUT2D eigenvalue weighted by Gasteiger charge is 2.31. The van der Waals surface area contributed by atoms with Crippen LogP contribution in [0.25, 0.3) is 0 Å². The van der Waals surface area contributed by atoms with E-state index in [1.54, 1.807) is 36.4 Å². The van der Waals surface area contributed by atoms with Gasteiger partial charge in [0.2, 0.25) is 10.0 Å².